The van der Waals surface area contributed by atoms with Gasteiger partial charge in [-0.1, -0.05) is 0 Å². The molecule has 1 amide bonds. The molecule has 6 heteroatoms. The van der Waals surface area contributed by atoms with Gasteiger partial charge in [-0.25, -0.2) is 4.98 Å². The zero-order chi connectivity index (χ0) is 15.1. The molecule has 3 fully saturated rings. The highest BCUT2D eigenvalue weighted by Crippen LogP contribution is 2.28. The average molecular weight is 315 g/mol. The van der Waals surface area contributed by atoms with Crippen LogP contribution in [0.3, 0.4) is 0 Å². The molecule has 22 heavy (non-hydrogen) atoms. The van der Waals surface area contributed by atoms with Gasteiger partial charge in [-0.05, 0) is 37.9 Å². The summed E-state index contributed by atoms with van der Waals surface area (Å²) in [6.45, 7) is 3.24. The summed E-state index contributed by atoms with van der Waals surface area (Å²) < 4.78 is 0.932. The van der Waals surface area contributed by atoms with E-state index in [2.05, 4.69) is 15.2 Å². The summed E-state index contributed by atoms with van der Waals surface area (Å²) in [5.41, 5.74) is 1.02. The quantitative estimate of drug-likeness (QED) is 0.879. The lowest BCUT2D eigenvalue weighted by Gasteiger charge is -2.44. The first kappa shape index (κ1) is 13.8. The van der Waals surface area contributed by atoms with Crippen molar-refractivity contribution < 1.29 is 9.59 Å². The molecule has 5 heterocycles. The monoisotopic (exact) mass is 315 g/mol. The van der Waals surface area contributed by atoms with Crippen LogP contribution in [0.1, 0.15) is 33.7 Å². The summed E-state index contributed by atoms with van der Waals surface area (Å²) in [7, 11) is 0. The van der Waals surface area contributed by atoms with Gasteiger partial charge in [0.1, 0.15) is 5.69 Å². The Bertz CT molecular complexity index is 734. The molecule has 5 nitrogen and oxygen atoms in total. The van der Waals surface area contributed by atoms with E-state index in [9.17, 15) is 9.59 Å². The molecule has 5 rings (SSSR count). The minimum atomic E-state index is -0.135. The third-order valence-corrected chi connectivity index (χ3v) is 5.77. The number of aldehydes is 1. The molecule has 114 valence electrons. The van der Waals surface area contributed by atoms with E-state index < -0.39 is 0 Å². The van der Waals surface area contributed by atoms with E-state index in [0.29, 0.717) is 17.2 Å². The van der Waals surface area contributed by atoms with Crippen molar-refractivity contribution in [1.29, 1.82) is 0 Å². The second-order valence-corrected chi connectivity index (χ2v) is 7.00. The Hall–Kier alpha value is -1.79. The second-order valence-electron chi connectivity index (χ2n) is 6.09. The van der Waals surface area contributed by atoms with Gasteiger partial charge < -0.3 is 10.2 Å². The number of amides is 1. The molecule has 0 aliphatic carbocycles. The number of piperidine rings is 3. The molecule has 1 unspecified atom stereocenters. The Kier molecular flexibility index (Phi) is 3.43. The van der Waals surface area contributed by atoms with Crippen LogP contribution < -0.4 is 5.32 Å². The fourth-order valence-electron chi connectivity index (χ4n) is 3.54. The summed E-state index contributed by atoms with van der Waals surface area (Å²) in [5.74, 6) is 0.452. The third-order valence-electron chi connectivity index (χ3n) is 4.82. The molecule has 3 aliphatic rings. The number of hydrogen-bond donors (Lipinski definition) is 1. The van der Waals surface area contributed by atoms with Gasteiger partial charge in [0.05, 0.1) is 4.70 Å². The van der Waals surface area contributed by atoms with E-state index in [-0.39, 0.29) is 11.9 Å². The molecule has 0 spiro atoms. The Balaban J connectivity index is 1.56. The Labute approximate surface area is 132 Å². The predicted molar refractivity (Wildman–Crippen MR) is 85.4 cm³/mol. The lowest BCUT2D eigenvalue weighted by Crippen LogP contribution is -2.57. The zero-order valence-corrected chi connectivity index (χ0v) is 12.9. The van der Waals surface area contributed by atoms with Crippen molar-refractivity contribution >= 4 is 33.6 Å². The molecule has 3 aliphatic heterocycles. The van der Waals surface area contributed by atoms with Crippen molar-refractivity contribution in [1.82, 2.24) is 15.2 Å². The fraction of sp³-hybridized carbons (Fsp3) is 0.438. The van der Waals surface area contributed by atoms with Crippen molar-refractivity contribution in [3.05, 3.63) is 28.9 Å². The van der Waals surface area contributed by atoms with Crippen LogP contribution in [0.15, 0.2) is 17.6 Å². The number of hydrogen-bond acceptors (Lipinski definition) is 5. The van der Waals surface area contributed by atoms with Crippen LogP contribution in [0.5, 0.6) is 0 Å². The van der Waals surface area contributed by atoms with Gasteiger partial charge in [-0.3, -0.25) is 9.59 Å². The highest BCUT2D eigenvalue weighted by Gasteiger charge is 2.35. The molecular formula is C16H17N3O2S. The number of nitrogens with zero attached hydrogens (tertiary/aromatic N) is 2. The first-order chi connectivity index (χ1) is 10.7. The third kappa shape index (κ3) is 2.32. The average Bonchev–Trinajstić information content (AvgIpc) is 2.98. The van der Waals surface area contributed by atoms with Gasteiger partial charge in [0, 0.05) is 35.1 Å². The summed E-state index contributed by atoms with van der Waals surface area (Å²) >= 11 is 1.47. The van der Waals surface area contributed by atoms with Gasteiger partial charge in [-0.15, -0.1) is 11.3 Å². The summed E-state index contributed by atoms with van der Waals surface area (Å²) in [5, 5.41) is 5.75. The predicted octanol–water partition coefficient (Wildman–Crippen LogP) is 1.93. The van der Waals surface area contributed by atoms with Crippen LogP contribution in [0, 0.1) is 5.92 Å². The number of fused-ring (bicyclic) bond motifs is 4. The SMILES string of the molecule is O=Cc1csc2cnc(C(=O)NC3CN4CCC3CC4)cc12. The molecule has 2 aromatic rings. The number of pyridine rings is 1. The molecule has 0 saturated carbocycles. The van der Waals surface area contributed by atoms with Crippen LogP contribution in [-0.2, 0) is 0 Å². The number of thiophene rings is 1. The van der Waals surface area contributed by atoms with E-state index in [1.807, 2.05) is 0 Å². The smallest absolute Gasteiger partial charge is 0.270 e. The number of carbonyl (C=O) groups excluding carboxylic acids is 2. The minimum Gasteiger partial charge on any atom is -0.346 e. The fourth-order valence-corrected chi connectivity index (χ4v) is 4.39. The van der Waals surface area contributed by atoms with Crippen LogP contribution in [0.2, 0.25) is 0 Å². The van der Waals surface area contributed by atoms with Crippen molar-refractivity contribution in [3.8, 4) is 0 Å². The molecule has 2 bridgehead atoms. The second kappa shape index (κ2) is 5.44. The summed E-state index contributed by atoms with van der Waals surface area (Å²) in [4.78, 5) is 30.2. The maximum Gasteiger partial charge on any atom is 0.270 e. The van der Waals surface area contributed by atoms with Gasteiger partial charge >= 0.3 is 0 Å². The maximum absolute atomic E-state index is 12.5. The zero-order valence-electron chi connectivity index (χ0n) is 12.1. The van der Waals surface area contributed by atoms with Crippen LogP contribution in [0.25, 0.3) is 10.1 Å². The van der Waals surface area contributed by atoms with Crippen molar-refractivity contribution in [3.63, 3.8) is 0 Å². The first-order valence-electron chi connectivity index (χ1n) is 7.60. The Morgan fingerprint density at radius 3 is 2.91 bits per heavy atom. The standard InChI is InChI=1S/C16H17N3O2S/c20-8-11-9-22-15-6-17-13(5-12(11)15)16(21)18-14-7-19-3-1-10(14)2-4-19/h5-6,8-10,14H,1-4,7H2,(H,18,21). The molecule has 1 atom stereocenters. The Morgan fingerprint density at radius 2 is 2.23 bits per heavy atom. The van der Waals surface area contributed by atoms with E-state index in [1.54, 1.807) is 17.6 Å². The first-order valence-corrected chi connectivity index (χ1v) is 8.48. The normalized spacial score (nSPS) is 27.0. The molecule has 3 saturated heterocycles. The topological polar surface area (TPSA) is 62.3 Å². The molecule has 0 radical (unpaired) electrons. The lowest BCUT2D eigenvalue weighted by molar-refractivity contribution is 0.0618. The van der Waals surface area contributed by atoms with Gasteiger partial charge in [0.2, 0.25) is 0 Å². The largest absolute Gasteiger partial charge is 0.346 e. The highest BCUT2D eigenvalue weighted by atomic mass is 32.1. The molecular weight excluding hydrogens is 298 g/mol. The van der Waals surface area contributed by atoms with E-state index in [0.717, 1.165) is 48.8 Å². The van der Waals surface area contributed by atoms with Gasteiger partial charge in [0.15, 0.2) is 6.29 Å². The number of rotatable bonds is 3. The van der Waals surface area contributed by atoms with Crippen LogP contribution in [0.4, 0.5) is 0 Å². The minimum absolute atomic E-state index is 0.135. The van der Waals surface area contributed by atoms with Gasteiger partial charge in [0.25, 0.3) is 5.91 Å². The van der Waals surface area contributed by atoms with E-state index in [4.69, 9.17) is 0 Å². The van der Waals surface area contributed by atoms with Crippen LogP contribution >= 0.6 is 11.3 Å². The van der Waals surface area contributed by atoms with E-state index >= 15 is 0 Å². The molecule has 0 aromatic carbocycles. The highest BCUT2D eigenvalue weighted by molar-refractivity contribution is 7.17. The summed E-state index contributed by atoms with van der Waals surface area (Å²) in [6, 6.07) is 1.95. The van der Waals surface area contributed by atoms with Crippen molar-refractivity contribution in [2.75, 3.05) is 19.6 Å². The maximum atomic E-state index is 12.5. The van der Waals surface area contributed by atoms with Crippen LogP contribution in [-0.4, -0.2) is 47.8 Å². The summed E-state index contributed by atoms with van der Waals surface area (Å²) in [6.07, 6.45) is 4.83. The number of nitrogens with one attached hydrogen (secondary N) is 1. The number of aromatic nitrogens is 1. The lowest BCUT2D eigenvalue weighted by atomic mass is 9.84. The molecule has 1 N–H and O–H groups in total. The van der Waals surface area contributed by atoms with Crippen molar-refractivity contribution in [2.24, 2.45) is 5.92 Å². The Morgan fingerprint density at radius 1 is 1.41 bits per heavy atom. The molecule has 2 aromatic heterocycles. The number of carbonyl (C=O) groups is 2. The van der Waals surface area contributed by atoms with E-state index in [1.165, 1.54) is 11.3 Å². The van der Waals surface area contributed by atoms with Gasteiger partial charge in [-0.2, -0.15) is 0 Å². The van der Waals surface area contributed by atoms with Crippen molar-refractivity contribution in [2.45, 2.75) is 18.9 Å².